The van der Waals surface area contributed by atoms with Gasteiger partial charge in [-0.15, -0.1) is 0 Å². The van der Waals surface area contributed by atoms with Crippen LogP contribution >= 0.6 is 0 Å². The summed E-state index contributed by atoms with van der Waals surface area (Å²) in [6, 6.07) is -1.14. The zero-order chi connectivity index (χ0) is 11.7. The summed E-state index contributed by atoms with van der Waals surface area (Å²) in [5.74, 6) is 0. The zero-order valence-electron chi connectivity index (χ0n) is 7.79. The van der Waals surface area contributed by atoms with Crippen LogP contribution in [0.15, 0.2) is 0 Å². The van der Waals surface area contributed by atoms with Crippen LogP contribution in [0.2, 0.25) is 0 Å². The second kappa shape index (κ2) is 4.24. The third kappa shape index (κ3) is 3.93. The molecule has 0 radical (unpaired) electrons. The first-order valence-corrected chi connectivity index (χ1v) is 5.77. The summed E-state index contributed by atoms with van der Waals surface area (Å²) >= 11 is 0. The van der Waals surface area contributed by atoms with Gasteiger partial charge in [0.05, 0.1) is 6.42 Å². The molecular formula is C6H12F3N3O2S. The lowest BCUT2D eigenvalue weighted by atomic mass is 10.1. The molecule has 0 amide bonds. The molecule has 1 aliphatic rings. The maximum absolute atomic E-state index is 12.1. The molecule has 0 aromatic rings. The standard InChI is InChI=1S/C6H12F3N3O2S/c7-6(8,9)3-5-4-11-1-2-12(5)15(10,13)14/h5,11H,1-4H2,(H2,10,13,14). The Labute approximate surface area is 85.6 Å². The van der Waals surface area contributed by atoms with Gasteiger partial charge >= 0.3 is 6.18 Å². The molecule has 1 rings (SSSR count). The van der Waals surface area contributed by atoms with E-state index in [4.69, 9.17) is 5.14 Å². The Bertz CT molecular complexity index is 316. The maximum Gasteiger partial charge on any atom is 0.390 e. The predicted molar refractivity (Wildman–Crippen MR) is 47.1 cm³/mol. The highest BCUT2D eigenvalue weighted by Gasteiger charge is 2.39. The average Bonchev–Trinajstić information content (AvgIpc) is 1.99. The molecule has 9 heteroatoms. The number of hydrogen-bond donors (Lipinski definition) is 2. The minimum Gasteiger partial charge on any atom is -0.314 e. The van der Waals surface area contributed by atoms with Crippen LogP contribution in [0, 0.1) is 0 Å². The summed E-state index contributed by atoms with van der Waals surface area (Å²) < 4.78 is 59.0. The molecule has 1 fully saturated rings. The first kappa shape index (κ1) is 12.7. The second-order valence-corrected chi connectivity index (χ2v) is 4.83. The number of nitrogens with one attached hydrogen (secondary N) is 1. The Morgan fingerprint density at radius 3 is 2.53 bits per heavy atom. The second-order valence-electron chi connectivity index (χ2n) is 3.33. The van der Waals surface area contributed by atoms with Gasteiger partial charge in [0, 0.05) is 25.7 Å². The van der Waals surface area contributed by atoms with E-state index in [-0.39, 0.29) is 13.1 Å². The molecule has 0 bridgehead atoms. The van der Waals surface area contributed by atoms with E-state index in [1.54, 1.807) is 0 Å². The highest BCUT2D eigenvalue weighted by Crippen LogP contribution is 2.25. The van der Waals surface area contributed by atoms with Crippen molar-refractivity contribution in [1.82, 2.24) is 9.62 Å². The lowest BCUT2D eigenvalue weighted by Gasteiger charge is -2.34. The third-order valence-corrected chi connectivity index (χ3v) is 3.22. The van der Waals surface area contributed by atoms with Crippen molar-refractivity contribution >= 4 is 10.2 Å². The van der Waals surface area contributed by atoms with Crippen molar-refractivity contribution in [2.75, 3.05) is 19.6 Å². The van der Waals surface area contributed by atoms with Gasteiger partial charge in [-0.2, -0.15) is 25.9 Å². The van der Waals surface area contributed by atoms with Crippen molar-refractivity contribution in [2.24, 2.45) is 5.14 Å². The molecule has 5 nitrogen and oxygen atoms in total. The maximum atomic E-state index is 12.1. The molecule has 1 unspecified atom stereocenters. The van der Waals surface area contributed by atoms with Crippen LogP contribution in [-0.4, -0.2) is 44.6 Å². The van der Waals surface area contributed by atoms with Gasteiger partial charge in [0.15, 0.2) is 0 Å². The fraction of sp³-hybridized carbons (Fsp3) is 1.00. The van der Waals surface area contributed by atoms with E-state index in [1.165, 1.54) is 0 Å². The van der Waals surface area contributed by atoms with Gasteiger partial charge in [-0.25, -0.2) is 5.14 Å². The molecule has 90 valence electrons. The Morgan fingerprint density at radius 2 is 2.07 bits per heavy atom. The molecule has 1 aliphatic heterocycles. The smallest absolute Gasteiger partial charge is 0.314 e. The summed E-state index contributed by atoms with van der Waals surface area (Å²) in [5.41, 5.74) is 0. The summed E-state index contributed by atoms with van der Waals surface area (Å²) in [7, 11) is -4.05. The normalized spacial score (nSPS) is 25.5. The van der Waals surface area contributed by atoms with Crippen LogP contribution in [0.25, 0.3) is 0 Å². The molecule has 0 spiro atoms. The molecule has 1 atom stereocenters. The van der Waals surface area contributed by atoms with E-state index >= 15 is 0 Å². The highest BCUT2D eigenvalue weighted by molar-refractivity contribution is 7.86. The minimum absolute atomic E-state index is 0.0282. The summed E-state index contributed by atoms with van der Waals surface area (Å²) in [5, 5.41) is 7.52. The van der Waals surface area contributed by atoms with E-state index in [1.807, 2.05) is 0 Å². The Kier molecular flexibility index (Phi) is 3.59. The van der Waals surface area contributed by atoms with Crippen molar-refractivity contribution in [3.63, 3.8) is 0 Å². The van der Waals surface area contributed by atoms with Gasteiger partial charge in [0.1, 0.15) is 0 Å². The number of rotatable bonds is 2. The SMILES string of the molecule is NS(=O)(=O)N1CCNCC1CC(F)(F)F. The summed E-state index contributed by atoms with van der Waals surface area (Å²) in [6.45, 7) is 0.250. The minimum atomic E-state index is -4.40. The number of alkyl halides is 3. The first-order chi connectivity index (χ1) is 6.70. The van der Waals surface area contributed by atoms with Crippen molar-refractivity contribution in [3.8, 4) is 0 Å². The number of halogens is 3. The van der Waals surface area contributed by atoms with Gasteiger partial charge < -0.3 is 5.32 Å². The van der Waals surface area contributed by atoms with E-state index in [0.717, 1.165) is 0 Å². The van der Waals surface area contributed by atoms with E-state index in [9.17, 15) is 21.6 Å². The van der Waals surface area contributed by atoms with E-state index in [2.05, 4.69) is 5.32 Å². The van der Waals surface area contributed by atoms with Crippen LogP contribution in [0.1, 0.15) is 6.42 Å². The molecule has 0 aromatic carbocycles. The van der Waals surface area contributed by atoms with Crippen LogP contribution in [0.3, 0.4) is 0 Å². The Hall–Kier alpha value is -0.380. The summed E-state index contributed by atoms with van der Waals surface area (Å²) in [6.07, 6.45) is -5.58. The van der Waals surface area contributed by atoms with Crippen molar-refractivity contribution < 1.29 is 21.6 Å². The van der Waals surface area contributed by atoms with Crippen molar-refractivity contribution in [2.45, 2.75) is 18.6 Å². The van der Waals surface area contributed by atoms with Crippen molar-refractivity contribution in [1.29, 1.82) is 0 Å². The van der Waals surface area contributed by atoms with Crippen LogP contribution < -0.4 is 10.5 Å². The first-order valence-electron chi connectivity index (χ1n) is 4.27. The van der Waals surface area contributed by atoms with Crippen LogP contribution in [0.4, 0.5) is 13.2 Å². The summed E-state index contributed by atoms with van der Waals surface area (Å²) in [4.78, 5) is 0. The lowest BCUT2D eigenvalue weighted by Crippen LogP contribution is -2.56. The molecule has 15 heavy (non-hydrogen) atoms. The largest absolute Gasteiger partial charge is 0.390 e. The fourth-order valence-electron chi connectivity index (χ4n) is 1.52. The van der Waals surface area contributed by atoms with Gasteiger partial charge in [-0.3, -0.25) is 0 Å². The molecular weight excluding hydrogens is 235 g/mol. The van der Waals surface area contributed by atoms with Crippen molar-refractivity contribution in [3.05, 3.63) is 0 Å². The molecule has 0 aliphatic carbocycles. The predicted octanol–water partition coefficient (Wildman–Crippen LogP) is -0.584. The van der Waals surface area contributed by atoms with Crippen LogP contribution in [-0.2, 0) is 10.2 Å². The average molecular weight is 247 g/mol. The molecule has 0 aromatic heterocycles. The van der Waals surface area contributed by atoms with Crippen LogP contribution in [0.5, 0.6) is 0 Å². The molecule has 1 heterocycles. The van der Waals surface area contributed by atoms with E-state index < -0.39 is 28.8 Å². The van der Waals surface area contributed by atoms with Gasteiger partial charge in [0.2, 0.25) is 0 Å². The molecule has 0 saturated carbocycles. The number of hydrogen-bond acceptors (Lipinski definition) is 3. The Morgan fingerprint density at radius 1 is 1.47 bits per heavy atom. The number of piperazine rings is 1. The monoisotopic (exact) mass is 247 g/mol. The Balaban J connectivity index is 2.75. The highest BCUT2D eigenvalue weighted by atomic mass is 32.2. The molecule has 1 saturated heterocycles. The van der Waals surface area contributed by atoms with Gasteiger partial charge in [-0.05, 0) is 0 Å². The quantitative estimate of drug-likeness (QED) is 0.685. The number of nitrogens with two attached hydrogens (primary N) is 1. The number of nitrogens with zero attached hydrogens (tertiary/aromatic N) is 1. The topological polar surface area (TPSA) is 75.4 Å². The molecule has 3 N–H and O–H groups in total. The third-order valence-electron chi connectivity index (χ3n) is 2.09. The lowest BCUT2D eigenvalue weighted by molar-refractivity contribution is -0.144. The van der Waals surface area contributed by atoms with Gasteiger partial charge in [0.25, 0.3) is 10.2 Å². The van der Waals surface area contributed by atoms with E-state index in [0.29, 0.717) is 10.8 Å². The van der Waals surface area contributed by atoms with Gasteiger partial charge in [-0.1, -0.05) is 0 Å². The fourth-order valence-corrected chi connectivity index (χ4v) is 2.43. The zero-order valence-corrected chi connectivity index (χ0v) is 8.61.